The van der Waals surface area contributed by atoms with Gasteiger partial charge in [0.2, 0.25) is 0 Å². The summed E-state index contributed by atoms with van der Waals surface area (Å²) in [7, 11) is 0. The number of aromatic nitrogens is 2. The van der Waals surface area contributed by atoms with Crippen molar-refractivity contribution in [2.75, 3.05) is 0 Å². The Bertz CT molecular complexity index is 1820. The van der Waals surface area contributed by atoms with E-state index in [0.717, 1.165) is 43.9 Å². The van der Waals surface area contributed by atoms with Crippen LogP contribution in [0.5, 0.6) is 23.0 Å². The molecule has 2 heterocycles. The molecule has 6 rings (SSSR count). The van der Waals surface area contributed by atoms with E-state index in [0.29, 0.717) is 11.5 Å². The van der Waals surface area contributed by atoms with Gasteiger partial charge in [-0.15, -0.1) is 0 Å². The van der Waals surface area contributed by atoms with Crippen LogP contribution in [0.1, 0.15) is 26.3 Å². The van der Waals surface area contributed by atoms with Gasteiger partial charge in [0, 0.05) is 28.9 Å². The largest absolute Gasteiger partial charge is 0.456 e. The van der Waals surface area contributed by atoms with Crippen molar-refractivity contribution in [2.45, 2.75) is 26.2 Å². The number of nitrogens with zero attached hydrogens (tertiary/aromatic N) is 2. The van der Waals surface area contributed by atoms with E-state index in [1.165, 1.54) is 10.9 Å². The first-order chi connectivity index (χ1) is 19.8. The maximum atomic E-state index is 6.23. The lowest BCUT2D eigenvalue weighted by Gasteiger charge is -2.19. The lowest BCUT2D eigenvalue weighted by molar-refractivity contribution is 0.455. The Kier molecular flexibility index (Phi) is 7.29. The molecule has 0 bridgehead atoms. The molecule has 0 unspecified atom stereocenters. The van der Waals surface area contributed by atoms with Crippen molar-refractivity contribution in [1.29, 1.82) is 0 Å². The molecule has 6 aromatic rings. The van der Waals surface area contributed by atoms with Crippen LogP contribution in [0.4, 0.5) is 0 Å². The first kappa shape index (κ1) is 26.7. The molecule has 0 aliphatic carbocycles. The van der Waals surface area contributed by atoms with Crippen molar-refractivity contribution in [2.24, 2.45) is 0 Å². The van der Waals surface area contributed by atoms with Crippen molar-refractivity contribution in [3.8, 4) is 45.5 Å². The minimum absolute atomic E-state index is 0.0656. The summed E-state index contributed by atoms with van der Waals surface area (Å²) in [6.07, 6.45) is 3.72. The van der Waals surface area contributed by atoms with Crippen molar-refractivity contribution < 1.29 is 9.47 Å². The molecule has 0 N–H and O–H groups in total. The molecule has 0 aliphatic heterocycles. The summed E-state index contributed by atoms with van der Waals surface area (Å²) in [4.78, 5) is 9.19. The van der Waals surface area contributed by atoms with Gasteiger partial charge in [-0.3, -0.25) is 9.97 Å². The van der Waals surface area contributed by atoms with Crippen LogP contribution in [0.25, 0.3) is 33.3 Å². The van der Waals surface area contributed by atoms with E-state index in [9.17, 15) is 0 Å². The molecular weight excluding hydrogens is 572 g/mol. The molecule has 2 aromatic heterocycles. The Morgan fingerprint density at radius 2 is 1.22 bits per heavy atom. The average molecular weight is 602 g/mol. The summed E-state index contributed by atoms with van der Waals surface area (Å²) < 4.78 is 13.2. The highest BCUT2D eigenvalue weighted by molar-refractivity contribution is 9.10. The Morgan fingerprint density at radius 3 is 1.88 bits per heavy atom. The summed E-state index contributed by atoms with van der Waals surface area (Å²) in [5, 5.41) is 2.29. The van der Waals surface area contributed by atoms with Crippen molar-refractivity contribution in [1.82, 2.24) is 9.97 Å². The summed E-state index contributed by atoms with van der Waals surface area (Å²) in [6.45, 7) is 6.62. The van der Waals surface area contributed by atoms with E-state index in [1.807, 2.05) is 97.3 Å². The number of ether oxygens (including phenoxy) is 2. The Labute approximate surface area is 248 Å². The van der Waals surface area contributed by atoms with Crippen molar-refractivity contribution >= 4 is 26.7 Å². The summed E-state index contributed by atoms with van der Waals surface area (Å²) in [6, 6.07) is 36.2. The monoisotopic (exact) mass is 600 g/mol. The lowest BCUT2D eigenvalue weighted by atomic mass is 9.87. The molecule has 0 saturated carbocycles. The second-order valence-electron chi connectivity index (χ2n) is 10.9. The number of fused-ring (bicyclic) bond motifs is 1. The van der Waals surface area contributed by atoms with E-state index in [4.69, 9.17) is 9.47 Å². The van der Waals surface area contributed by atoms with E-state index >= 15 is 0 Å². The first-order valence-corrected chi connectivity index (χ1v) is 14.3. The van der Waals surface area contributed by atoms with Gasteiger partial charge >= 0.3 is 0 Å². The Balaban J connectivity index is 1.18. The number of benzene rings is 4. The fourth-order valence-electron chi connectivity index (χ4n) is 4.68. The number of rotatable bonds is 6. The van der Waals surface area contributed by atoms with Gasteiger partial charge in [-0.25, -0.2) is 0 Å². The molecule has 0 radical (unpaired) electrons. The molecule has 202 valence electrons. The summed E-state index contributed by atoms with van der Waals surface area (Å²) in [5.74, 6) is 2.78. The Hall–Kier alpha value is -4.48. The zero-order valence-corrected chi connectivity index (χ0v) is 24.7. The highest BCUT2D eigenvalue weighted by atomic mass is 79.9. The van der Waals surface area contributed by atoms with Gasteiger partial charge in [0.05, 0.1) is 11.4 Å². The van der Waals surface area contributed by atoms with Crippen molar-refractivity contribution in [3.05, 3.63) is 132 Å². The maximum absolute atomic E-state index is 6.23. The molecule has 0 aliphatic rings. The van der Waals surface area contributed by atoms with Gasteiger partial charge in [-0.05, 0) is 111 Å². The molecule has 4 aromatic carbocycles. The highest BCUT2D eigenvalue weighted by Crippen LogP contribution is 2.39. The minimum atomic E-state index is 0.0656. The Morgan fingerprint density at radius 1 is 0.610 bits per heavy atom. The van der Waals surface area contributed by atoms with Crippen LogP contribution in [0.2, 0.25) is 0 Å². The van der Waals surface area contributed by atoms with Crippen LogP contribution in [0.15, 0.2) is 126 Å². The van der Waals surface area contributed by atoms with Crippen LogP contribution in [-0.4, -0.2) is 9.97 Å². The molecule has 0 fully saturated rings. The lowest BCUT2D eigenvalue weighted by Crippen LogP contribution is -2.11. The normalized spacial score (nSPS) is 11.4. The third-order valence-corrected chi connectivity index (χ3v) is 7.74. The van der Waals surface area contributed by atoms with Gasteiger partial charge in [0.25, 0.3) is 0 Å². The van der Waals surface area contributed by atoms with E-state index in [2.05, 4.69) is 70.9 Å². The predicted molar refractivity (Wildman–Crippen MR) is 170 cm³/mol. The highest BCUT2D eigenvalue weighted by Gasteiger charge is 2.15. The third-order valence-electron chi connectivity index (χ3n) is 6.96. The molecule has 4 nitrogen and oxygen atoms in total. The molecule has 5 heteroatoms. The van der Waals surface area contributed by atoms with Gasteiger partial charge < -0.3 is 9.47 Å². The van der Waals surface area contributed by atoms with E-state index in [1.54, 1.807) is 0 Å². The van der Waals surface area contributed by atoms with Gasteiger partial charge in [0.1, 0.15) is 27.5 Å². The number of hydrogen-bond acceptors (Lipinski definition) is 4. The van der Waals surface area contributed by atoms with E-state index in [-0.39, 0.29) is 5.41 Å². The van der Waals surface area contributed by atoms with Crippen LogP contribution in [0.3, 0.4) is 0 Å². The first-order valence-electron chi connectivity index (χ1n) is 13.5. The summed E-state index contributed by atoms with van der Waals surface area (Å²) in [5.41, 5.74) is 5.30. The second-order valence-corrected chi connectivity index (χ2v) is 11.7. The topological polar surface area (TPSA) is 44.2 Å². The third kappa shape index (κ3) is 5.86. The van der Waals surface area contributed by atoms with Crippen LogP contribution in [0, 0.1) is 0 Å². The smallest absolute Gasteiger partial charge is 0.145 e. The molecule has 0 spiro atoms. The van der Waals surface area contributed by atoms with Crippen molar-refractivity contribution in [3.63, 3.8) is 0 Å². The van der Waals surface area contributed by atoms with E-state index < -0.39 is 0 Å². The molecule has 0 atom stereocenters. The predicted octanol–water partition coefficient (Wildman–Crippen LogP) is 10.6. The second kappa shape index (κ2) is 11.2. The van der Waals surface area contributed by atoms with Gasteiger partial charge in [0.15, 0.2) is 0 Å². The molecule has 0 saturated heterocycles. The SMILES string of the molecule is CC(C)(C)c1ccnc(-c2ccc(Oc3cccc(Oc4ccc(-c5nccc6ccccc56)cc4)c3Br)cc2)c1. The summed E-state index contributed by atoms with van der Waals surface area (Å²) >= 11 is 3.68. The molecule has 0 amide bonds. The average Bonchev–Trinajstić information content (AvgIpc) is 2.99. The van der Waals surface area contributed by atoms with Crippen LogP contribution in [-0.2, 0) is 5.41 Å². The molecular formula is C36H29BrN2O2. The molecule has 41 heavy (non-hydrogen) atoms. The zero-order chi connectivity index (χ0) is 28.4. The quantitative estimate of drug-likeness (QED) is 0.191. The minimum Gasteiger partial charge on any atom is -0.456 e. The van der Waals surface area contributed by atoms with Gasteiger partial charge in [-0.2, -0.15) is 0 Å². The number of halogens is 1. The standard InChI is InChI=1S/C36H29BrN2O2/c1-36(2,3)27-20-22-38-31(23-27)25-11-15-28(16-12-25)40-32-9-6-10-33(34(32)37)41-29-17-13-26(14-18-29)35-30-8-5-4-7-24(30)19-21-39-35/h4-23H,1-3H3. The maximum Gasteiger partial charge on any atom is 0.145 e. The van der Waals surface area contributed by atoms with Crippen LogP contribution >= 0.6 is 15.9 Å². The fourth-order valence-corrected chi connectivity index (χ4v) is 5.11. The van der Waals surface area contributed by atoms with Crippen LogP contribution < -0.4 is 9.47 Å². The number of pyridine rings is 2. The van der Waals surface area contributed by atoms with Gasteiger partial charge in [-0.1, -0.05) is 51.1 Å². The zero-order valence-electron chi connectivity index (χ0n) is 23.1. The number of hydrogen-bond donors (Lipinski definition) is 0. The fraction of sp³-hybridized carbons (Fsp3) is 0.111.